The molecule has 0 bridgehead atoms. The Bertz CT molecular complexity index is 1050. The number of aliphatic imine (C=N–C) groups is 1. The van der Waals surface area contributed by atoms with Crippen LogP contribution >= 0.6 is 22.9 Å². The number of ketones is 1. The summed E-state index contributed by atoms with van der Waals surface area (Å²) < 4.78 is 28.6. The summed E-state index contributed by atoms with van der Waals surface area (Å²) in [6.07, 6.45) is 1.38. The molecule has 0 fully saturated rings. The van der Waals surface area contributed by atoms with Crippen molar-refractivity contribution in [3.05, 3.63) is 63.6 Å². The molecule has 2 aromatic carbocycles. The van der Waals surface area contributed by atoms with Crippen LogP contribution in [0.5, 0.6) is 11.5 Å². The lowest BCUT2D eigenvalue weighted by molar-refractivity contribution is -0.0512. The second-order valence-corrected chi connectivity index (χ2v) is 7.37. The highest BCUT2D eigenvalue weighted by Crippen LogP contribution is 2.29. The summed E-state index contributed by atoms with van der Waals surface area (Å²) in [4.78, 5) is 21.5. The van der Waals surface area contributed by atoms with Crippen LogP contribution in [0.2, 0.25) is 5.02 Å². The number of nitrogens with zero attached hydrogens (tertiary/aromatic N) is 2. The molecule has 1 N–H and O–H groups in total. The van der Waals surface area contributed by atoms with Crippen LogP contribution in [0.25, 0.3) is 10.6 Å². The molecule has 0 saturated heterocycles. The van der Waals surface area contributed by atoms with E-state index >= 15 is 0 Å². The van der Waals surface area contributed by atoms with Gasteiger partial charge in [0, 0.05) is 16.8 Å². The van der Waals surface area contributed by atoms with Crippen LogP contribution in [0.4, 0.5) is 8.78 Å². The van der Waals surface area contributed by atoms with E-state index in [1.54, 1.807) is 19.1 Å². The van der Waals surface area contributed by atoms with E-state index < -0.39 is 12.4 Å². The van der Waals surface area contributed by atoms with Crippen LogP contribution in [-0.2, 0) is 0 Å². The normalized spacial score (nSPS) is 11.3. The first-order chi connectivity index (χ1) is 13.8. The van der Waals surface area contributed by atoms with Crippen LogP contribution in [0.1, 0.15) is 20.9 Å². The van der Waals surface area contributed by atoms with Crippen molar-refractivity contribution < 1.29 is 23.4 Å². The maximum atomic E-state index is 12.5. The van der Waals surface area contributed by atoms with E-state index in [2.05, 4.69) is 14.7 Å². The summed E-state index contributed by atoms with van der Waals surface area (Å²) in [6.45, 7) is -1.38. The first-order valence-electron chi connectivity index (χ1n) is 8.37. The lowest BCUT2D eigenvalue weighted by Crippen LogP contribution is -2.03. The van der Waals surface area contributed by atoms with Crippen LogP contribution in [0, 0.1) is 6.92 Å². The third-order valence-corrected chi connectivity index (χ3v) is 5.31. The number of aromatic nitrogens is 1. The molecule has 1 aromatic heterocycles. The molecule has 3 aromatic rings. The van der Waals surface area contributed by atoms with Crippen molar-refractivity contribution in [3.8, 4) is 22.1 Å². The SMILES string of the molecule is Cc1nc(-c2ccc(Cl)cc2)sc1C(=O)CN=Cc1ccc(OC(F)F)c(O)c1. The summed E-state index contributed by atoms with van der Waals surface area (Å²) in [5, 5.41) is 11.0. The minimum Gasteiger partial charge on any atom is -0.504 e. The number of ether oxygens (including phenoxy) is 1. The molecule has 0 aliphatic carbocycles. The summed E-state index contributed by atoms with van der Waals surface area (Å²) in [5.41, 5.74) is 1.93. The van der Waals surface area contributed by atoms with E-state index in [-0.39, 0.29) is 18.1 Å². The lowest BCUT2D eigenvalue weighted by atomic mass is 10.2. The van der Waals surface area contributed by atoms with Crippen LogP contribution < -0.4 is 4.74 Å². The minimum absolute atomic E-state index is 0.112. The van der Waals surface area contributed by atoms with Gasteiger partial charge < -0.3 is 9.84 Å². The molecule has 1 heterocycles. The number of carbonyl (C=O) groups excluding carboxylic acids is 1. The van der Waals surface area contributed by atoms with Gasteiger partial charge >= 0.3 is 6.61 Å². The van der Waals surface area contributed by atoms with Gasteiger partial charge in [-0.3, -0.25) is 9.79 Å². The largest absolute Gasteiger partial charge is 0.504 e. The number of hydrogen-bond acceptors (Lipinski definition) is 6. The number of halogens is 3. The van der Waals surface area contributed by atoms with E-state index in [0.717, 1.165) is 5.56 Å². The number of aromatic hydroxyl groups is 1. The number of rotatable bonds is 7. The third kappa shape index (κ3) is 5.36. The van der Waals surface area contributed by atoms with Crippen molar-refractivity contribution in [2.75, 3.05) is 6.54 Å². The predicted octanol–water partition coefficient (Wildman–Crippen LogP) is 5.38. The zero-order valence-electron chi connectivity index (χ0n) is 15.1. The Kier molecular flexibility index (Phi) is 6.56. The predicted molar refractivity (Wildman–Crippen MR) is 109 cm³/mol. The summed E-state index contributed by atoms with van der Waals surface area (Å²) >= 11 is 7.17. The van der Waals surface area contributed by atoms with Gasteiger partial charge in [0.05, 0.1) is 10.6 Å². The van der Waals surface area contributed by atoms with E-state index in [9.17, 15) is 18.7 Å². The average molecular weight is 437 g/mol. The average Bonchev–Trinajstić information content (AvgIpc) is 3.06. The van der Waals surface area contributed by atoms with E-state index in [1.165, 1.54) is 35.8 Å². The standard InChI is InChI=1S/C20H15ClF2N2O3S/c1-11-18(29-19(25-11)13-3-5-14(21)6-4-13)16(27)10-24-9-12-2-7-17(15(26)8-12)28-20(22)23/h2-9,20,26H,10H2,1H3. The second-order valence-electron chi connectivity index (χ2n) is 5.94. The topological polar surface area (TPSA) is 71.8 Å². The number of benzene rings is 2. The highest BCUT2D eigenvalue weighted by molar-refractivity contribution is 7.17. The zero-order valence-corrected chi connectivity index (χ0v) is 16.7. The number of thiazole rings is 1. The van der Waals surface area contributed by atoms with Crippen molar-refractivity contribution in [3.63, 3.8) is 0 Å². The molecule has 0 aliphatic heterocycles. The Morgan fingerprint density at radius 2 is 2.03 bits per heavy atom. The zero-order chi connectivity index (χ0) is 21.0. The van der Waals surface area contributed by atoms with Gasteiger partial charge in [0.1, 0.15) is 11.6 Å². The van der Waals surface area contributed by atoms with Gasteiger partial charge in [0.2, 0.25) is 0 Å². The molecule has 0 unspecified atom stereocenters. The van der Waals surface area contributed by atoms with Crippen molar-refractivity contribution in [1.29, 1.82) is 0 Å². The molecule has 5 nitrogen and oxygen atoms in total. The molecule has 0 spiro atoms. The fraction of sp³-hybridized carbons (Fsp3) is 0.150. The number of Topliss-reactive ketones (excluding diaryl/α,β-unsaturated/α-hetero) is 1. The maximum Gasteiger partial charge on any atom is 0.387 e. The molecule has 0 atom stereocenters. The Balaban J connectivity index is 1.68. The fourth-order valence-electron chi connectivity index (χ4n) is 2.49. The van der Waals surface area contributed by atoms with Gasteiger partial charge in [0.15, 0.2) is 17.3 Å². The molecule has 0 radical (unpaired) electrons. The molecular formula is C20H15ClF2N2O3S. The van der Waals surface area contributed by atoms with Gasteiger partial charge in [0.25, 0.3) is 0 Å². The van der Waals surface area contributed by atoms with Gasteiger partial charge in [-0.2, -0.15) is 8.78 Å². The van der Waals surface area contributed by atoms with Gasteiger partial charge in [-0.15, -0.1) is 11.3 Å². The number of carbonyl (C=O) groups is 1. The lowest BCUT2D eigenvalue weighted by Gasteiger charge is -2.06. The first-order valence-corrected chi connectivity index (χ1v) is 9.57. The van der Waals surface area contributed by atoms with Gasteiger partial charge in [-0.1, -0.05) is 23.7 Å². The molecule has 3 rings (SSSR count). The van der Waals surface area contributed by atoms with E-state index in [4.69, 9.17) is 11.6 Å². The van der Waals surface area contributed by atoms with Crippen molar-refractivity contribution >= 4 is 34.9 Å². The fourth-order valence-corrected chi connectivity index (χ4v) is 3.61. The van der Waals surface area contributed by atoms with Crippen LogP contribution in [0.3, 0.4) is 0 Å². The van der Waals surface area contributed by atoms with Crippen LogP contribution in [-0.4, -0.2) is 35.2 Å². The molecular weight excluding hydrogens is 422 g/mol. The maximum absolute atomic E-state index is 12.5. The molecule has 29 heavy (non-hydrogen) atoms. The second kappa shape index (κ2) is 9.11. The summed E-state index contributed by atoms with van der Waals surface area (Å²) in [5.74, 6) is -0.965. The number of hydrogen-bond donors (Lipinski definition) is 1. The summed E-state index contributed by atoms with van der Waals surface area (Å²) in [6, 6.07) is 11.1. The Hall–Kier alpha value is -2.84. The molecule has 0 aliphatic rings. The first kappa shape index (κ1) is 20.9. The molecule has 0 amide bonds. The number of phenolic OH excluding ortho intramolecular Hbond substituents is 1. The Morgan fingerprint density at radius 3 is 2.69 bits per heavy atom. The molecule has 0 saturated carbocycles. The van der Waals surface area contributed by atoms with Crippen molar-refractivity contribution in [2.24, 2.45) is 4.99 Å². The minimum atomic E-state index is -3.03. The number of aryl methyl sites for hydroxylation is 1. The third-order valence-electron chi connectivity index (χ3n) is 3.82. The van der Waals surface area contributed by atoms with Crippen LogP contribution in [0.15, 0.2) is 47.5 Å². The van der Waals surface area contributed by atoms with Crippen molar-refractivity contribution in [2.45, 2.75) is 13.5 Å². The highest BCUT2D eigenvalue weighted by atomic mass is 35.5. The Labute approximate surface area is 174 Å². The Morgan fingerprint density at radius 1 is 1.31 bits per heavy atom. The summed E-state index contributed by atoms with van der Waals surface area (Å²) in [7, 11) is 0. The molecule has 150 valence electrons. The van der Waals surface area contributed by atoms with Gasteiger partial charge in [-0.25, -0.2) is 4.98 Å². The molecule has 9 heteroatoms. The smallest absolute Gasteiger partial charge is 0.387 e. The highest BCUT2D eigenvalue weighted by Gasteiger charge is 2.16. The van der Waals surface area contributed by atoms with Crippen molar-refractivity contribution in [1.82, 2.24) is 4.98 Å². The number of alkyl halides is 2. The monoisotopic (exact) mass is 436 g/mol. The quantitative estimate of drug-likeness (QED) is 0.398. The van der Waals surface area contributed by atoms with E-state index in [0.29, 0.717) is 26.2 Å². The van der Waals surface area contributed by atoms with Gasteiger partial charge in [-0.05, 0) is 42.8 Å². The number of phenols is 1. The van der Waals surface area contributed by atoms with E-state index in [1.807, 2.05) is 12.1 Å².